The first-order valence-corrected chi connectivity index (χ1v) is 10.0. The van der Waals surface area contributed by atoms with Gasteiger partial charge in [-0.15, -0.1) is 0 Å². The number of ether oxygens (including phenoxy) is 1. The number of aryl methyl sites for hydroxylation is 1. The number of nitrogens with zero attached hydrogens (tertiary/aromatic N) is 6. The molecule has 1 fully saturated rings. The Bertz CT molecular complexity index is 932. The van der Waals surface area contributed by atoms with E-state index in [4.69, 9.17) is 9.26 Å². The Labute approximate surface area is 174 Å². The number of benzene rings is 1. The highest BCUT2D eigenvalue weighted by Gasteiger charge is 2.21. The van der Waals surface area contributed by atoms with Gasteiger partial charge in [0, 0.05) is 45.6 Å². The number of piperazine rings is 1. The molecule has 0 bridgehead atoms. The number of H-pyrrole nitrogens is 1. The van der Waals surface area contributed by atoms with Crippen LogP contribution in [0.4, 0.5) is 0 Å². The summed E-state index contributed by atoms with van der Waals surface area (Å²) in [5.74, 6) is 2.21. The molecule has 158 valence electrons. The van der Waals surface area contributed by atoms with Gasteiger partial charge < -0.3 is 14.2 Å². The standard InChI is InChI=1S/C20H25N7O3/c1-29-16-4-2-15(3-5-16)8-9-26-10-12-27(13-11-26)18(28)7-6-17-23-20(25-30-17)19-21-14-22-24-19/h2-5,14H,6-13H2,1H3,(H,21,22,24). The van der Waals surface area contributed by atoms with Crippen LogP contribution in [0, 0.1) is 0 Å². The number of carbonyl (C=O) groups excluding carboxylic acids is 1. The molecule has 0 spiro atoms. The zero-order valence-corrected chi connectivity index (χ0v) is 17.0. The number of carbonyl (C=O) groups is 1. The number of methoxy groups -OCH3 is 1. The van der Waals surface area contributed by atoms with Crippen molar-refractivity contribution in [2.75, 3.05) is 39.8 Å². The van der Waals surface area contributed by atoms with Gasteiger partial charge in [-0.05, 0) is 24.1 Å². The Kier molecular flexibility index (Phi) is 6.33. The zero-order chi connectivity index (χ0) is 20.8. The lowest BCUT2D eigenvalue weighted by molar-refractivity contribution is -0.133. The number of nitrogens with one attached hydrogen (secondary N) is 1. The van der Waals surface area contributed by atoms with Crippen LogP contribution in [-0.2, 0) is 17.6 Å². The van der Waals surface area contributed by atoms with Crippen LogP contribution in [0.15, 0.2) is 35.1 Å². The van der Waals surface area contributed by atoms with Crippen molar-refractivity contribution >= 4 is 5.91 Å². The summed E-state index contributed by atoms with van der Waals surface area (Å²) in [5, 5.41) is 10.3. The van der Waals surface area contributed by atoms with E-state index in [-0.39, 0.29) is 5.91 Å². The first kappa shape index (κ1) is 20.0. The smallest absolute Gasteiger partial charge is 0.239 e. The van der Waals surface area contributed by atoms with Crippen molar-refractivity contribution < 1.29 is 14.1 Å². The van der Waals surface area contributed by atoms with Crippen LogP contribution in [0.3, 0.4) is 0 Å². The molecular weight excluding hydrogens is 386 g/mol. The van der Waals surface area contributed by atoms with Gasteiger partial charge in [0.25, 0.3) is 0 Å². The maximum Gasteiger partial charge on any atom is 0.239 e. The molecule has 0 unspecified atom stereocenters. The molecule has 30 heavy (non-hydrogen) atoms. The predicted octanol–water partition coefficient (Wildman–Crippen LogP) is 1.18. The SMILES string of the molecule is COc1ccc(CCN2CCN(C(=O)CCc3nc(-c4ncn[nH]4)no3)CC2)cc1. The van der Waals surface area contributed by atoms with Crippen LogP contribution >= 0.6 is 0 Å². The van der Waals surface area contributed by atoms with E-state index >= 15 is 0 Å². The summed E-state index contributed by atoms with van der Waals surface area (Å²) >= 11 is 0. The third-order valence-corrected chi connectivity index (χ3v) is 5.25. The van der Waals surface area contributed by atoms with E-state index in [0.717, 1.165) is 44.9 Å². The molecule has 1 aliphatic rings. The molecule has 2 aromatic heterocycles. The summed E-state index contributed by atoms with van der Waals surface area (Å²) in [6.45, 7) is 4.25. The van der Waals surface area contributed by atoms with Gasteiger partial charge in [0.15, 0.2) is 5.82 Å². The molecule has 1 saturated heterocycles. The molecule has 4 rings (SSSR count). The topological polar surface area (TPSA) is 113 Å². The number of rotatable bonds is 8. The van der Waals surface area contributed by atoms with Crippen LogP contribution in [0.5, 0.6) is 5.75 Å². The Morgan fingerprint density at radius 1 is 1.17 bits per heavy atom. The quantitative estimate of drug-likeness (QED) is 0.588. The molecule has 10 nitrogen and oxygen atoms in total. The van der Waals surface area contributed by atoms with E-state index in [2.05, 4.69) is 42.4 Å². The van der Waals surface area contributed by atoms with Gasteiger partial charge in [0.2, 0.25) is 17.6 Å². The zero-order valence-electron chi connectivity index (χ0n) is 17.0. The number of aromatic amines is 1. The first-order valence-electron chi connectivity index (χ1n) is 10.0. The van der Waals surface area contributed by atoms with Gasteiger partial charge in [-0.1, -0.05) is 17.3 Å². The van der Waals surface area contributed by atoms with E-state index < -0.39 is 0 Å². The lowest BCUT2D eigenvalue weighted by Crippen LogP contribution is -2.49. The van der Waals surface area contributed by atoms with Crippen molar-refractivity contribution in [1.82, 2.24) is 35.1 Å². The lowest BCUT2D eigenvalue weighted by atomic mass is 10.1. The summed E-state index contributed by atoms with van der Waals surface area (Å²) in [6.07, 6.45) is 3.13. The van der Waals surface area contributed by atoms with Gasteiger partial charge in [0.1, 0.15) is 12.1 Å². The van der Waals surface area contributed by atoms with Crippen LogP contribution in [0.1, 0.15) is 17.9 Å². The summed E-state index contributed by atoms with van der Waals surface area (Å²) in [7, 11) is 1.67. The van der Waals surface area contributed by atoms with Crippen molar-refractivity contribution in [3.05, 3.63) is 42.0 Å². The normalized spacial score (nSPS) is 14.8. The van der Waals surface area contributed by atoms with Crippen molar-refractivity contribution in [3.63, 3.8) is 0 Å². The van der Waals surface area contributed by atoms with Crippen molar-refractivity contribution in [1.29, 1.82) is 0 Å². The largest absolute Gasteiger partial charge is 0.497 e. The number of amides is 1. The van der Waals surface area contributed by atoms with Crippen LogP contribution in [-0.4, -0.2) is 80.9 Å². The van der Waals surface area contributed by atoms with E-state index in [1.54, 1.807) is 7.11 Å². The molecule has 0 aliphatic carbocycles. The van der Waals surface area contributed by atoms with Crippen LogP contribution < -0.4 is 4.74 Å². The molecule has 1 aromatic carbocycles. The highest BCUT2D eigenvalue weighted by atomic mass is 16.5. The molecule has 0 radical (unpaired) electrons. The summed E-state index contributed by atoms with van der Waals surface area (Å²) in [6, 6.07) is 8.18. The molecule has 0 atom stereocenters. The molecule has 1 aliphatic heterocycles. The number of hydrogen-bond donors (Lipinski definition) is 1. The van der Waals surface area contributed by atoms with Crippen molar-refractivity contribution in [3.8, 4) is 17.4 Å². The third-order valence-electron chi connectivity index (χ3n) is 5.25. The second-order valence-corrected chi connectivity index (χ2v) is 7.17. The molecule has 10 heteroatoms. The predicted molar refractivity (Wildman–Crippen MR) is 108 cm³/mol. The fourth-order valence-corrected chi connectivity index (χ4v) is 3.44. The van der Waals surface area contributed by atoms with Crippen LogP contribution in [0.2, 0.25) is 0 Å². The van der Waals surface area contributed by atoms with E-state index in [0.29, 0.717) is 30.4 Å². The minimum atomic E-state index is 0.115. The fraction of sp³-hybridized carbons (Fsp3) is 0.450. The van der Waals surface area contributed by atoms with Gasteiger partial charge in [-0.3, -0.25) is 14.8 Å². The summed E-state index contributed by atoms with van der Waals surface area (Å²) in [4.78, 5) is 25.1. The Morgan fingerprint density at radius 2 is 1.97 bits per heavy atom. The molecule has 3 heterocycles. The summed E-state index contributed by atoms with van der Waals surface area (Å²) in [5.41, 5.74) is 1.29. The Balaban J connectivity index is 1.18. The molecule has 1 N–H and O–H groups in total. The van der Waals surface area contributed by atoms with Gasteiger partial charge in [-0.2, -0.15) is 10.1 Å². The van der Waals surface area contributed by atoms with Crippen LogP contribution in [0.25, 0.3) is 11.6 Å². The second kappa shape index (κ2) is 9.49. The van der Waals surface area contributed by atoms with Gasteiger partial charge in [0.05, 0.1) is 7.11 Å². The Morgan fingerprint density at radius 3 is 2.67 bits per heavy atom. The minimum absolute atomic E-state index is 0.115. The molecule has 0 saturated carbocycles. The maximum atomic E-state index is 12.5. The lowest BCUT2D eigenvalue weighted by Gasteiger charge is -2.34. The first-order chi connectivity index (χ1) is 14.7. The van der Waals surface area contributed by atoms with E-state index in [1.165, 1.54) is 11.9 Å². The number of hydrogen-bond acceptors (Lipinski definition) is 8. The van der Waals surface area contributed by atoms with Gasteiger partial charge in [-0.25, -0.2) is 4.98 Å². The van der Waals surface area contributed by atoms with E-state index in [9.17, 15) is 4.79 Å². The fourth-order valence-electron chi connectivity index (χ4n) is 3.44. The van der Waals surface area contributed by atoms with Gasteiger partial charge >= 0.3 is 0 Å². The van der Waals surface area contributed by atoms with E-state index in [1.807, 2.05) is 17.0 Å². The maximum absolute atomic E-state index is 12.5. The molecular formula is C20H25N7O3. The molecule has 1 amide bonds. The minimum Gasteiger partial charge on any atom is -0.497 e. The number of aromatic nitrogens is 5. The third kappa shape index (κ3) is 5.01. The Hall–Kier alpha value is -3.27. The summed E-state index contributed by atoms with van der Waals surface area (Å²) < 4.78 is 10.4. The average Bonchev–Trinajstić information content (AvgIpc) is 3.49. The monoisotopic (exact) mass is 411 g/mol. The molecule has 3 aromatic rings. The second-order valence-electron chi connectivity index (χ2n) is 7.17. The van der Waals surface area contributed by atoms with Crippen molar-refractivity contribution in [2.45, 2.75) is 19.3 Å². The highest BCUT2D eigenvalue weighted by molar-refractivity contribution is 5.76. The average molecular weight is 411 g/mol. The van der Waals surface area contributed by atoms with Crippen molar-refractivity contribution in [2.24, 2.45) is 0 Å². The highest BCUT2D eigenvalue weighted by Crippen LogP contribution is 2.14.